The summed E-state index contributed by atoms with van der Waals surface area (Å²) in [5.74, 6) is -1.16. The van der Waals surface area contributed by atoms with Crippen molar-refractivity contribution in [1.82, 2.24) is 4.98 Å². The van der Waals surface area contributed by atoms with E-state index >= 15 is 0 Å². The van der Waals surface area contributed by atoms with Gasteiger partial charge in [-0.25, -0.2) is 4.98 Å². The van der Waals surface area contributed by atoms with Crippen molar-refractivity contribution in [3.05, 3.63) is 47.1 Å². The lowest BCUT2D eigenvalue weighted by atomic mass is 10.1. The first kappa shape index (κ1) is 12.2. The summed E-state index contributed by atoms with van der Waals surface area (Å²) in [7, 11) is 0. The number of hydrogen-bond acceptors (Lipinski definition) is 4. The monoisotopic (exact) mass is 264 g/mol. The summed E-state index contributed by atoms with van der Waals surface area (Å²) in [6.07, 6.45) is 0. The molecule has 0 aliphatic carbocycles. The molecule has 0 saturated carbocycles. The second-order valence-corrected chi connectivity index (χ2v) is 3.86. The van der Waals surface area contributed by atoms with Crippen molar-refractivity contribution >= 4 is 23.3 Å². The minimum absolute atomic E-state index is 0.0447. The third-order valence-electron chi connectivity index (χ3n) is 2.22. The van der Waals surface area contributed by atoms with Crippen molar-refractivity contribution in [2.45, 2.75) is 0 Å². The van der Waals surface area contributed by atoms with Crippen LogP contribution in [0.1, 0.15) is 10.4 Å². The van der Waals surface area contributed by atoms with Crippen molar-refractivity contribution in [2.24, 2.45) is 0 Å². The molecule has 0 radical (unpaired) electrons. The van der Waals surface area contributed by atoms with E-state index in [0.717, 1.165) is 0 Å². The Morgan fingerprint density at radius 2 is 1.89 bits per heavy atom. The SMILES string of the molecule is O=C(Nc1cccc(Cl)n1)c1cccc(O)c1O. The van der Waals surface area contributed by atoms with Gasteiger partial charge in [0.05, 0.1) is 5.56 Å². The standard InChI is InChI=1S/C12H9ClN2O3/c13-9-5-2-6-10(14-9)15-12(18)7-3-1-4-8(16)11(7)17/h1-6,16-17H,(H,14,15,18). The molecule has 0 spiro atoms. The molecule has 0 aliphatic heterocycles. The highest BCUT2D eigenvalue weighted by Crippen LogP contribution is 2.28. The van der Waals surface area contributed by atoms with E-state index in [2.05, 4.69) is 10.3 Å². The smallest absolute Gasteiger partial charge is 0.260 e. The largest absolute Gasteiger partial charge is 0.504 e. The number of hydrogen-bond donors (Lipinski definition) is 3. The molecule has 6 heteroatoms. The van der Waals surface area contributed by atoms with Crippen LogP contribution in [-0.4, -0.2) is 21.1 Å². The molecule has 5 nitrogen and oxygen atoms in total. The highest BCUT2D eigenvalue weighted by molar-refractivity contribution is 6.29. The Kier molecular flexibility index (Phi) is 3.34. The first-order valence-electron chi connectivity index (χ1n) is 5.03. The van der Waals surface area contributed by atoms with E-state index in [1.54, 1.807) is 18.2 Å². The molecule has 1 heterocycles. The van der Waals surface area contributed by atoms with Gasteiger partial charge in [-0.05, 0) is 24.3 Å². The summed E-state index contributed by atoms with van der Waals surface area (Å²) in [6.45, 7) is 0. The highest BCUT2D eigenvalue weighted by atomic mass is 35.5. The fourth-order valence-electron chi connectivity index (χ4n) is 1.38. The van der Waals surface area contributed by atoms with Crippen LogP contribution in [0.5, 0.6) is 11.5 Å². The van der Waals surface area contributed by atoms with Gasteiger partial charge in [0.25, 0.3) is 5.91 Å². The summed E-state index contributed by atoms with van der Waals surface area (Å²) in [6, 6.07) is 8.88. The molecule has 1 aromatic carbocycles. The molecular formula is C12H9ClN2O3. The van der Waals surface area contributed by atoms with Gasteiger partial charge in [-0.15, -0.1) is 0 Å². The number of carbonyl (C=O) groups excluding carboxylic acids is 1. The van der Waals surface area contributed by atoms with E-state index in [1.807, 2.05) is 0 Å². The number of para-hydroxylation sites is 1. The minimum atomic E-state index is -0.585. The Labute approximate surface area is 108 Å². The van der Waals surface area contributed by atoms with Crippen LogP contribution in [0, 0.1) is 0 Å². The lowest BCUT2D eigenvalue weighted by Gasteiger charge is -2.07. The average Bonchev–Trinajstić information content (AvgIpc) is 2.32. The molecule has 0 aliphatic rings. The Bertz CT molecular complexity index is 602. The van der Waals surface area contributed by atoms with Crippen LogP contribution < -0.4 is 5.32 Å². The van der Waals surface area contributed by atoms with Gasteiger partial charge in [0.1, 0.15) is 11.0 Å². The number of halogens is 1. The summed E-state index contributed by atoms with van der Waals surface area (Å²) in [5.41, 5.74) is -0.0447. The maximum Gasteiger partial charge on any atom is 0.260 e. The third kappa shape index (κ3) is 2.52. The van der Waals surface area contributed by atoms with Crippen LogP contribution in [-0.2, 0) is 0 Å². The molecule has 0 unspecified atom stereocenters. The first-order valence-corrected chi connectivity index (χ1v) is 5.40. The van der Waals surface area contributed by atoms with E-state index in [0.29, 0.717) is 0 Å². The normalized spacial score (nSPS) is 10.1. The number of pyridine rings is 1. The van der Waals surface area contributed by atoms with E-state index in [4.69, 9.17) is 11.6 Å². The number of nitrogens with zero attached hydrogens (tertiary/aromatic N) is 1. The predicted octanol–water partition coefficient (Wildman–Crippen LogP) is 2.40. The van der Waals surface area contributed by atoms with E-state index < -0.39 is 11.7 Å². The van der Waals surface area contributed by atoms with Crippen LogP contribution in [0.2, 0.25) is 5.15 Å². The molecule has 1 aromatic heterocycles. The molecule has 1 amide bonds. The van der Waals surface area contributed by atoms with E-state index in [9.17, 15) is 15.0 Å². The second-order valence-electron chi connectivity index (χ2n) is 3.47. The van der Waals surface area contributed by atoms with Gasteiger partial charge in [-0.1, -0.05) is 23.7 Å². The van der Waals surface area contributed by atoms with Crippen molar-refractivity contribution in [3.8, 4) is 11.5 Å². The third-order valence-corrected chi connectivity index (χ3v) is 2.43. The number of phenolic OH excluding ortho intramolecular Hbond substituents is 2. The molecular weight excluding hydrogens is 256 g/mol. The van der Waals surface area contributed by atoms with Crippen LogP contribution >= 0.6 is 11.6 Å². The fraction of sp³-hybridized carbons (Fsp3) is 0. The van der Waals surface area contributed by atoms with Gasteiger partial charge >= 0.3 is 0 Å². The van der Waals surface area contributed by atoms with Crippen molar-refractivity contribution in [3.63, 3.8) is 0 Å². The number of amides is 1. The quantitative estimate of drug-likeness (QED) is 0.575. The number of phenols is 2. The number of rotatable bonds is 2. The van der Waals surface area contributed by atoms with Gasteiger partial charge in [-0.3, -0.25) is 4.79 Å². The molecule has 18 heavy (non-hydrogen) atoms. The van der Waals surface area contributed by atoms with Crippen LogP contribution in [0.25, 0.3) is 0 Å². The number of carbonyl (C=O) groups is 1. The van der Waals surface area contributed by atoms with Gasteiger partial charge in [0.15, 0.2) is 11.5 Å². The molecule has 2 aromatic rings. The molecule has 2 rings (SSSR count). The summed E-state index contributed by atoms with van der Waals surface area (Å²) >= 11 is 5.68. The first-order chi connectivity index (χ1) is 8.58. The zero-order valence-corrected chi connectivity index (χ0v) is 9.85. The zero-order valence-electron chi connectivity index (χ0n) is 9.09. The lowest BCUT2D eigenvalue weighted by molar-refractivity contribution is 0.102. The number of aromatic nitrogens is 1. The number of anilines is 1. The molecule has 0 atom stereocenters. The van der Waals surface area contributed by atoms with Crippen molar-refractivity contribution in [1.29, 1.82) is 0 Å². The Hall–Kier alpha value is -2.27. The van der Waals surface area contributed by atoms with Gasteiger partial charge < -0.3 is 15.5 Å². The predicted molar refractivity (Wildman–Crippen MR) is 67.0 cm³/mol. The van der Waals surface area contributed by atoms with Gasteiger partial charge in [-0.2, -0.15) is 0 Å². The second kappa shape index (κ2) is 4.93. The lowest BCUT2D eigenvalue weighted by Crippen LogP contribution is -2.13. The minimum Gasteiger partial charge on any atom is -0.504 e. The molecule has 3 N–H and O–H groups in total. The topological polar surface area (TPSA) is 82.5 Å². The molecule has 92 valence electrons. The Morgan fingerprint density at radius 1 is 1.17 bits per heavy atom. The Morgan fingerprint density at radius 3 is 2.61 bits per heavy atom. The number of aromatic hydroxyl groups is 2. The molecule has 0 saturated heterocycles. The van der Waals surface area contributed by atoms with Crippen LogP contribution in [0.4, 0.5) is 5.82 Å². The highest BCUT2D eigenvalue weighted by Gasteiger charge is 2.14. The van der Waals surface area contributed by atoms with Crippen molar-refractivity contribution < 1.29 is 15.0 Å². The average molecular weight is 265 g/mol. The molecule has 0 fully saturated rings. The maximum atomic E-state index is 11.8. The zero-order chi connectivity index (χ0) is 13.1. The van der Waals surface area contributed by atoms with E-state index in [1.165, 1.54) is 18.2 Å². The fourth-order valence-corrected chi connectivity index (χ4v) is 1.54. The number of benzene rings is 1. The van der Waals surface area contributed by atoms with Crippen LogP contribution in [0.3, 0.4) is 0 Å². The summed E-state index contributed by atoms with van der Waals surface area (Å²) in [5, 5.41) is 21.5. The summed E-state index contributed by atoms with van der Waals surface area (Å²) < 4.78 is 0. The maximum absolute atomic E-state index is 11.8. The van der Waals surface area contributed by atoms with Crippen LogP contribution in [0.15, 0.2) is 36.4 Å². The van der Waals surface area contributed by atoms with Gasteiger partial charge in [0.2, 0.25) is 0 Å². The number of nitrogens with one attached hydrogen (secondary N) is 1. The molecule has 0 bridgehead atoms. The van der Waals surface area contributed by atoms with E-state index in [-0.39, 0.29) is 22.3 Å². The summed E-state index contributed by atoms with van der Waals surface area (Å²) in [4.78, 5) is 15.7. The van der Waals surface area contributed by atoms with Crippen molar-refractivity contribution in [2.75, 3.05) is 5.32 Å². The van der Waals surface area contributed by atoms with Gasteiger partial charge in [0, 0.05) is 0 Å². The Balaban J connectivity index is 2.25.